The van der Waals surface area contributed by atoms with Gasteiger partial charge in [-0.3, -0.25) is 4.40 Å². The van der Waals surface area contributed by atoms with Gasteiger partial charge in [0.1, 0.15) is 5.52 Å². The molecule has 0 bridgehead atoms. The molecule has 108 valence electrons. The SMILES string of the molecule is Cc1nc2c(F)cccc2n2c(-c3ccccc3Cl)nnc12. The Balaban J connectivity index is 2.21. The third-order valence-electron chi connectivity index (χ3n) is 3.59. The predicted octanol–water partition coefficient (Wildman–Crippen LogP) is 4.05. The normalized spacial score (nSPS) is 11.4. The first-order valence-corrected chi connectivity index (χ1v) is 7.09. The molecule has 0 atom stereocenters. The van der Waals surface area contributed by atoms with Crippen LogP contribution < -0.4 is 0 Å². The van der Waals surface area contributed by atoms with E-state index in [1.807, 2.05) is 18.2 Å². The molecule has 0 aliphatic carbocycles. The van der Waals surface area contributed by atoms with Crippen LogP contribution in [0.25, 0.3) is 28.1 Å². The van der Waals surface area contributed by atoms with E-state index in [-0.39, 0.29) is 5.82 Å². The van der Waals surface area contributed by atoms with Crippen molar-refractivity contribution in [3.8, 4) is 11.4 Å². The smallest absolute Gasteiger partial charge is 0.183 e. The molecule has 2 heterocycles. The van der Waals surface area contributed by atoms with Gasteiger partial charge >= 0.3 is 0 Å². The number of halogens is 2. The average Bonchev–Trinajstić information content (AvgIpc) is 2.95. The number of hydrogen-bond donors (Lipinski definition) is 0. The lowest BCUT2D eigenvalue weighted by Crippen LogP contribution is -1.99. The fourth-order valence-corrected chi connectivity index (χ4v) is 2.80. The van der Waals surface area contributed by atoms with Gasteiger partial charge in [0.15, 0.2) is 17.3 Å². The number of benzene rings is 2. The molecule has 0 spiro atoms. The van der Waals surface area contributed by atoms with E-state index in [0.717, 1.165) is 5.56 Å². The Morgan fingerprint density at radius 3 is 2.68 bits per heavy atom. The van der Waals surface area contributed by atoms with Crippen molar-refractivity contribution in [2.45, 2.75) is 6.92 Å². The first-order chi connectivity index (χ1) is 10.7. The zero-order valence-corrected chi connectivity index (χ0v) is 12.3. The van der Waals surface area contributed by atoms with Crippen LogP contribution in [0.4, 0.5) is 4.39 Å². The lowest BCUT2D eigenvalue weighted by molar-refractivity contribution is 0.636. The van der Waals surface area contributed by atoms with Crippen LogP contribution in [0.5, 0.6) is 0 Å². The number of aromatic nitrogens is 4. The first kappa shape index (κ1) is 13.2. The van der Waals surface area contributed by atoms with Gasteiger partial charge in [0.2, 0.25) is 0 Å². The Hall–Kier alpha value is -2.53. The highest BCUT2D eigenvalue weighted by atomic mass is 35.5. The summed E-state index contributed by atoms with van der Waals surface area (Å²) in [6, 6.07) is 12.2. The van der Waals surface area contributed by atoms with Gasteiger partial charge < -0.3 is 0 Å². The van der Waals surface area contributed by atoms with Crippen molar-refractivity contribution in [2.24, 2.45) is 0 Å². The fraction of sp³-hybridized carbons (Fsp3) is 0.0625. The number of rotatable bonds is 1. The highest BCUT2D eigenvalue weighted by molar-refractivity contribution is 6.33. The molecule has 4 nitrogen and oxygen atoms in total. The summed E-state index contributed by atoms with van der Waals surface area (Å²) in [6.45, 7) is 1.78. The van der Waals surface area contributed by atoms with Crippen LogP contribution in [-0.4, -0.2) is 19.6 Å². The van der Waals surface area contributed by atoms with E-state index in [0.29, 0.717) is 33.2 Å². The summed E-state index contributed by atoms with van der Waals surface area (Å²) in [4.78, 5) is 4.30. The molecule has 0 fully saturated rings. The molecule has 0 unspecified atom stereocenters. The van der Waals surface area contributed by atoms with E-state index < -0.39 is 0 Å². The van der Waals surface area contributed by atoms with Crippen molar-refractivity contribution in [3.05, 3.63) is 59.0 Å². The second kappa shape index (κ2) is 4.74. The fourth-order valence-electron chi connectivity index (χ4n) is 2.58. The molecule has 2 aromatic heterocycles. The van der Waals surface area contributed by atoms with Crippen LogP contribution >= 0.6 is 11.6 Å². The van der Waals surface area contributed by atoms with Crippen molar-refractivity contribution in [3.63, 3.8) is 0 Å². The maximum Gasteiger partial charge on any atom is 0.183 e. The predicted molar refractivity (Wildman–Crippen MR) is 83.4 cm³/mol. The molecule has 0 aliphatic heterocycles. The summed E-state index contributed by atoms with van der Waals surface area (Å²) >= 11 is 6.27. The maximum atomic E-state index is 14.1. The van der Waals surface area contributed by atoms with E-state index in [4.69, 9.17) is 11.6 Å². The van der Waals surface area contributed by atoms with Crippen LogP contribution in [0.2, 0.25) is 5.02 Å². The third-order valence-corrected chi connectivity index (χ3v) is 3.92. The van der Waals surface area contributed by atoms with Crippen molar-refractivity contribution >= 4 is 28.3 Å². The second-order valence-corrected chi connectivity index (χ2v) is 5.37. The number of fused-ring (bicyclic) bond motifs is 3. The Bertz CT molecular complexity index is 1030. The molecule has 6 heteroatoms. The number of para-hydroxylation sites is 1. The molecule has 0 aliphatic rings. The molecule has 22 heavy (non-hydrogen) atoms. The van der Waals surface area contributed by atoms with E-state index >= 15 is 0 Å². The first-order valence-electron chi connectivity index (χ1n) is 6.71. The topological polar surface area (TPSA) is 43.1 Å². The largest absolute Gasteiger partial charge is 0.272 e. The molecule has 0 saturated heterocycles. The standard InChI is InChI=1S/C16H10ClFN4/c1-9-15-20-21-16(10-5-2-3-6-11(10)17)22(15)13-8-4-7-12(18)14(13)19-9/h2-8H,1H3. The summed E-state index contributed by atoms with van der Waals surface area (Å²) in [7, 11) is 0. The van der Waals surface area contributed by atoms with Crippen LogP contribution in [0, 0.1) is 12.7 Å². The zero-order chi connectivity index (χ0) is 15.3. The highest BCUT2D eigenvalue weighted by Gasteiger charge is 2.17. The minimum absolute atomic E-state index is 0.292. The summed E-state index contributed by atoms with van der Waals surface area (Å²) in [5.41, 5.74) is 2.85. The molecular weight excluding hydrogens is 303 g/mol. The van der Waals surface area contributed by atoms with Crippen LogP contribution in [0.3, 0.4) is 0 Å². The van der Waals surface area contributed by atoms with Gasteiger partial charge in [-0.15, -0.1) is 10.2 Å². The molecule has 4 aromatic rings. The monoisotopic (exact) mass is 312 g/mol. The van der Waals surface area contributed by atoms with Gasteiger partial charge in [-0.25, -0.2) is 9.37 Å². The number of nitrogens with zero attached hydrogens (tertiary/aromatic N) is 4. The van der Waals surface area contributed by atoms with E-state index in [1.54, 1.807) is 29.5 Å². The highest BCUT2D eigenvalue weighted by Crippen LogP contribution is 2.29. The van der Waals surface area contributed by atoms with Gasteiger partial charge in [0, 0.05) is 5.56 Å². The number of aryl methyl sites for hydroxylation is 1. The quantitative estimate of drug-likeness (QED) is 0.532. The Labute approximate surface area is 130 Å². The van der Waals surface area contributed by atoms with Crippen molar-refractivity contribution in [1.82, 2.24) is 19.6 Å². The van der Waals surface area contributed by atoms with E-state index in [9.17, 15) is 4.39 Å². The number of hydrogen-bond acceptors (Lipinski definition) is 3. The molecule has 2 aromatic carbocycles. The molecule has 4 rings (SSSR count). The van der Waals surface area contributed by atoms with Crippen molar-refractivity contribution in [1.29, 1.82) is 0 Å². The summed E-state index contributed by atoms with van der Waals surface area (Å²) in [6.07, 6.45) is 0. The minimum atomic E-state index is -0.374. The molecule has 0 radical (unpaired) electrons. The van der Waals surface area contributed by atoms with Crippen LogP contribution in [0.1, 0.15) is 5.69 Å². The molecule has 0 N–H and O–H groups in total. The summed E-state index contributed by atoms with van der Waals surface area (Å²) in [5, 5.41) is 8.98. The van der Waals surface area contributed by atoms with Gasteiger partial charge in [-0.05, 0) is 31.2 Å². The summed E-state index contributed by atoms with van der Waals surface area (Å²) < 4.78 is 15.9. The molecular formula is C16H10ClFN4. The Kier molecular flexibility index (Phi) is 2.84. The molecule has 0 saturated carbocycles. The Morgan fingerprint density at radius 2 is 1.86 bits per heavy atom. The third kappa shape index (κ3) is 1.79. The van der Waals surface area contributed by atoms with Gasteiger partial charge in [-0.1, -0.05) is 29.8 Å². The van der Waals surface area contributed by atoms with Gasteiger partial charge in [0.25, 0.3) is 0 Å². The average molecular weight is 313 g/mol. The summed E-state index contributed by atoms with van der Waals surface area (Å²) in [5.74, 6) is 0.197. The maximum absolute atomic E-state index is 14.1. The van der Waals surface area contributed by atoms with Crippen molar-refractivity contribution in [2.75, 3.05) is 0 Å². The molecule has 0 amide bonds. The van der Waals surface area contributed by atoms with Gasteiger partial charge in [0.05, 0.1) is 16.2 Å². The second-order valence-electron chi connectivity index (χ2n) is 4.97. The van der Waals surface area contributed by atoms with E-state index in [1.165, 1.54) is 6.07 Å². The lowest BCUT2D eigenvalue weighted by Gasteiger charge is -2.07. The van der Waals surface area contributed by atoms with Gasteiger partial charge in [-0.2, -0.15) is 0 Å². The van der Waals surface area contributed by atoms with E-state index in [2.05, 4.69) is 15.2 Å². The van der Waals surface area contributed by atoms with Crippen molar-refractivity contribution < 1.29 is 4.39 Å². The lowest BCUT2D eigenvalue weighted by atomic mass is 10.2. The minimum Gasteiger partial charge on any atom is -0.272 e. The zero-order valence-electron chi connectivity index (χ0n) is 11.6. The Morgan fingerprint density at radius 1 is 1.05 bits per heavy atom. The van der Waals surface area contributed by atoms with Crippen LogP contribution in [0.15, 0.2) is 42.5 Å². The van der Waals surface area contributed by atoms with Crippen LogP contribution in [-0.2, 0) is 0 Å².